The van der Waals surface area contributed by atoms with Crippen LogP contribution in [-0.4, -0.2) is 33.7 Å². The molecule has 3 rings (SSSR count). The summed E-state index contributed by atoms with van der Waals surface area (Å²) >= 11 is 0. The standard InChI is InChI=1S/C22H26N6O2/c1-14(2)13-23-21(29)17-9-11-18(12-10-17)25-22(30)26-19(16-7-5-4-6-8-16)20-24-15(3)27-28-20/h4-12,14,19H,13H2,1-3H3,(H,23,29)(H,24,27,28)(H2,25,26,30). The third-order valence-electron chi connectivity index (χ3n) is 4.36. The number of nitrogens with one attached hydrogen (secondary N) is 4. The quantitative estimate of drug-likeness (QED) is 0.482. The van der Waals surface area contributed by atoms with Gasteiger partial charge in [0.2, 0.25) is 0 Å². The van der Waals surface area contributed by atoms with Gasteiger partial charge in [-0.25, -0.2) is 9.78 Å². The van der Waals surface area contributed by atoms with Gasteiger partial charge in [0.15, 0.2) is 5.82 Å². The number of carbonyl (C=O) groups is 2. The lowest BCUT2D eigenvalue weighted by Crippen LogP contribution is -2.33. The van der Waals surface area contributed by atoms with Crippen LogP contribution in [-0.2, 0) is 0 Å². The van der Waals surface area contributed by atoms with Gasteiger partial charge in [-0.05, 0) is 42.7 Å². The molecular weight excluding hydrogens is 380 g/mol. The Morgan fingerprint density at radius 2 is 1.73 bits per heavy atom. The zero-order valence-electron chi connectivity index (χ0n) is 17.3. The van der Waals surface area contributed by atoms with Gasteiger partial charge < -0.3 is 16.0 Å². The summed E-state index contributed by atoms with van der Waals surface area (Å²) in [6.07, 6.45) is 0. The Bertz CT molecular complexity index is 982. The highest BCUT2D eigenvalue weighted by molar-refractivity contribution is 5.95. The second kappa shape index (κ2) is 9.69. The number of aromatic nitrogens is 3. The fourth-order valence-corrected chi connectivity index (χ4v) is 2.83. The number of aryl methyl sites for hydroxylation is 1. The fraction of sp³-hybridized carbons (Fsp3) is 0.273. The van der Waals surface area contributed by atoms with Crippen LogP contribution in [0.4, 0.5) is 10.5 Å². The Morgan fingerprint density at radius 1 is 1.03 bits per heavy atom. The number of hydrogen-bond donors (Lipinski definition) is 4. The zero-order chi connectivity index (χ0) is 21.5. The van der Waals surface area contributed by atoms with Crippen LogP contribution in [0.5, 0.6) is 0 Å². The van der Waals surface area contributed by atoms with Gasteiger partial charge in [-0.3, -0.25) is 9.89 Å². The Morgan fingerprint density at radius 3 is 2.33 bits per heavy atom. The van der Waals surface area contributed by atoms with E-state index in [1.165, 1.54) is 0 Å². The van der Waals surface area contributed by atoms with Gasteiger partial charge in [0.05, 0.1) is 0 Å². The molecule has 0 aliphatic rings. The highest BCUT2D eigenvalue weighted by atomic mass is 16.2. The third kappa shape index (κ3) is 5.66. The average molecular weight is 406 g/mol. The number of amides is 3. The molecular formula is C22H26N6O2. The van der Waals surface area contributed by atoms with Crippen molar-refractivity contribution < 1.29 is 9.59 Å². The summed E-state index contributed by atoms with van der Waals surface area (Å²) in [6.45, 7) is 6.49. The summed E-state index contributed by atoms with van der Waals surface area (Å²) < 4.78 is 0. The van der Waals surface area contributed by atoms with Crippen molar-refractivity contribution >= 4 is 17.6 Å². The van der Waals surface area contributed by atoms with Crippen LogP contribution >= 0.6 is 0 Å². The number of rotatable bonds is 7. The molecule has 0 bridgehead atoms. The number of H-pyrrole nitrogens is 1. The summed E-state index contributed by atoms with van der Waals surface area (Å²) in [4.78, 5) is 29.1. The zero-order valence-corrected chi connectivity index (χ0v) is 17.3. The van der Waals surface area contributed by atoms with E-state index in [0.717, 1.165) is 5.56 Å². The second-order valence-corrected chi connectivity index (χ2v) is 7.40. The maximum atomic E-state index is 12.6. The van der Waals surface area contributed by atoms with Crippen molar-refractivity contribution in [3.63, 3.8) is 0 Å². The maximum absolute atomic E-state index is 12.6. The van der Waals surface area contributed by atoms with Crippen LogP contribution in [0.25, 0.3) is 0 Å². The number of anilines is 1. The van der Waals surface area contributed by atoms with E-state index >= 15 is 0 Å². The molecule has 0 spiro atoms. The smallest absolute Gasteiger partial charge is 0.320 e. The lowest BCUT2D eigenvalue weighted by Gasteiger charge is -2.17. The minimum Gasteiger partial charge on any atom is -0.352 e. The van der Waals surface area contributed by atoms with Crippen LogP contribution in [0.3, 0.4) is 0 Å². The molecule has 8 nitrogen and oxygen atoms in total. The number of aromatic amines is 1. The van der Waals surface area contributed by atoms with Gasteiger partial charge in [-0.1, -0.05) is 44.2 Å². The molecule has 156 valence electrons. The molecule has 1 heterocycles. The minimum atomic E-state index is -0.503. The van der Waals surface area contributed by atoms with Crippen molar-refractivity contribution in [3.05, 3.63) is 77.4 Å². The Labute approximate surface area is 175 Å². The second-order valence-electron chi connectivity index (χ2n) is 7.40. The summed E-state index contributed by atoms with van der Waals surface area (Å²) in [5.74, 6) is 1.39. The molecule has 0 radical (unpaired) electrons. The van der Waals surface area contributed by atoms with Crippen LogP contribution in [0.15, 0.2) is 54.6 Å². The molecule has 8 heteroatoms. The monoisotopic (exact) mass is 406 g/mol. The van der Waals surface area contributed by atoms with Crippen LogP contribution < -0.4 is 16.0 Å². The van der Waals surface area contributed by atoms with Gasteiger partial charge in [-0.15, -0.1) is 0 Å². The minimum absolute atomic E-state index is 0.135. The number of benzene rings is 2. The van der Waals surface area contributed by atoms with Crippen molar-refractivity contribution in [1.82, 2.24) is 25.8 Å². The molecule has 1 aromatic heterocycles. The van der Waals surface area contributed by atoms with E-state index < -0.39 is 12.1 Å². The lowest BCUT2D eigenvalue weighted by atomic mass is 10.1. The highest BCUT2D eigenvalue weighted by Crippen LogP contribution is 2.19. The Hall–Kier alpha value is -3.68. The van der Waals surface area contributed by atoms with Crippen LogP contribution in [0.2, 0.25) is 0 Å². The van der Waals surface area contributed by atoms with E-state index in [1.807, 2.05) is 44.2 Å². The molecule has 2 aromatic carbocycles. The highest BCUT2D eigenvalue weighted by Gasteiger charge is 2.21. The summed E-state index contributed by atoms with van der Waals surface area (Å²) in [5, 5.41) is 15.6. The predicted molar refractivity (Wildman–Crippen MR) is 115 cm³/mol. The average Bonchev–Trinajstić information content (AvgIpc) is 3.17. The lowest BCUT2D eigenvalue weighted by molar-refractivity contribution is 0.0949. The van der Waals surface area contributed by atoms with Gasteiger partial charge in [0, 0.05) is 17.8 Å². The van der Waals surface area contributed by atoms with E-state index in [0.29, 0.717) is 35.4 Å². The molecule has 0 saturated carbocycles. The first-order valence-corrected chi connectivity index (χ1v) is 9.82. The Kier molecular flexibility index (Phi) is 6.79. The van der Waals surface area contributed by atoms with Gasteiger partial charge in [0.1, 0.15) is 11.9 Å². The number of hydrogen-bond acceptors (Lipinski definition) is 4. The van der Waals surface area contributed by atoms with E-state index in [-0.39, 0.29) is 5.91 Å². The molecule has 3 amide bonds. The molecule has 3 aromatic rings. The normalized spacial score (nSPS) is 11.7. The first-order chi connectivity index (χ1) is 14.4. The van der Waals surface area contributed by atoms with Crippen LogP contribution in [0, 0.1) is 12.8 Å². The van der Waals surface area contributed by atoms with E-state index in [9.17, 15) is 9.59 Å². The SMILES string of the molecule is Cc1nc(C(NC(=O)Nc2ccc(C(=O)NCC(C)C)cc2)c2ccccc2)n[nH]1. The molecule has 0 fully saturated rings. The largest absolute Gasteiger partial charge is 0.352 e. The molecule has 30 heavy (non-hydrogen) atoms. The van der Waals surface area contributed by atoms with Crippen molar-refractivity contribution in [2.24, 2.45) is 5.92 Å². The summed E-state index contributed by atoms with van der Waals surface area (Å²) in [6, 6.07) is 15.3. The topological polar surface area (TPSA) is 112 Å². The molecule has 0 aliphatic heterocycles. The first-order valence-electron chi connectivity index (χ1n) is 9.82. The third-order valence-corrected chi connectivity index (χ3v) is 4.36. The van der Waals surface area contributed by atoms with Gasteiger partial charge >= 0.3 is 6.03 Å². The van der Waals surface area contributed by atoms with Crippen molar-refractivity contribution in [1.29, 1.82) is 0 Å². The molecule has 4 N–H and O–H groups in total. The number of nitrogens with zero attached hydrogens (tertiary/aromatic N) is 2. The molecule has 0 aliphatic carbocycles. The van der Waals surface area contributed by atoms with Crippen molar-refractivity contribution in [3.8, 4) is 0 Å². The van der Waals surface area contributed by atoms with E-state index in [4.69, 9.17) is 0 Å². The van der Waals surface area contributed by atoms with Crippen LogP contribution in [0.1, 0.15) is 47.5 Å². The number of urea groups is 1. The maximum Gasteiger partial charge on any atom is 0.320 e. The summed E-state index contributed by atoms with van der Waals surface area (Å²) in [7, 11) is 0. The van der Waals surface area contributed by atoms with E-state index in [2.05, 4.69) is 31.1 Å². The van der Waals surface area contributed by atoms with Gasteiger partial charge in [-0.2, -0.15) is 5.10 Å². The van der Waals surface area contributed by atoms with Gasteiger partial charge in [0.25, 0.3) is 5.91 Å². The molecule has 1 atom stereocenters. The predicted octanol–water partition coefficient (Wildman–Crippen LogP) is 3.41. The van der Waals surface area contributed by atoms with Crippen molar-refractivity contribution in [2.75, 3.05) is 11.9 Å². The van der Waals surface area contributed by atoms with Crippen molar-refractivity contribution in [2.45, 2.75) is 26.8 Å². The van der Waals surface area contributed by atoms with E-state index in [1.54, 1.807) is 31.2 Å². The molecule has 1 unspecified atom stereocenters. The Balaban J connectivity index is 1.66. The summed E-state index contributed by atoms with van der Waals surface area (Å²) in [5.41, 5.74) is 1.98. The fourth-order valence-electron chi connectivity index (χ4n) is 2.83. The number of carbonyl (C=O) groups excluding carboxylic acids is 2. The molecule has 0 saturated heterocycles. The first kappa shape index (κ1) is 21.0.